The van der Waals surface area contributed by atoms with Gasteiger partial charge in [-0.1, -0.05) is 28.8 Å². The van der Waals surface area contributed by atoms with E-state index in [1.54, 1.807) is 0 Å². The summed E-state index contributed by atoms with van der Waals surface area (Å²) >= 11 is 7.00. The van der Waals surface area contributed by atoms with Crippen LogP contribution in [0.25, 0.3) is 0 Å². The minimum atomic E-state index is 0.0947. The summed E-state index contributed by atoms with van der Waals surface area (Å²) in [6.45, 7) is 5.37. The second kappa shape index (κ2) is 7.83. The van der Waals surface area contributed by atoms with Crippen molar-refractivity contribution >= 4 is 31.9 Å². The third-order valence-electron chi connectivity index (χ3n) is 2.52. The summed E-state index contributed by atoms with van der Waals surface area (Å²) in [7, 11) is 0. The fraction of sp³-hybridized carbons (Fsp3) is 0.429. The Kier molecular flexibility index (Phi) is 6.77. The quantitative estimate of drug-likeness (QED) is 0.756. The molecule has 1 aromatic carbocycles. The van der Waals surface area contributed by atoms with Crippen LogP contribution in [0, 0.1) is 12.3 Å². The molecule has 98 valence electrons. The minimum absolute atomic E-state index is 0.0947. The van der Waals surface area contributed by atoms with Crippen molar-refractivity contribution in [1.29, 1.82) is 0 Å². The summed E-state index contributed by atoms with van der Waals surface area (Å²) in [5, 5.41) is 3.33. The van der Waals surface area contributed by atoms with Gasteiger partial charge in [0.2, 0.25) is 0 Å². The molecule has 0 fully saturated rings. The van der Waals surface area contributed by atoms with Crippen LogP contribution in [0.4, 0.5) is 0 Å². The topological polar surface area (TPSA) is 21.3 Å². The Morgan fingerprint density at radius 1 is 1.39 bits per heavy atom. The van der Waals surface area contributed by atoms with Crippen molar-refractivity contribution in [3.8, 4) is 18.1 Å². The first kappa shape index (κ1) is 15.6. The van der Waals surface area contributed by atoms with Gasteiger partial charge in [0.1, 0.15) is 5.75 Å². The van der Waals surface area contributed by atoms with Gasteiger partial charge in [0.25, 0.3) is 0 Å². The summed E-state index contributed by atoms with van der Waals surface area (Å²) in [6.07, 6.45) is 6.35. The Morgan fingerprint density at radius 2 is 2.11 bits per heavy atom. The predicted octanol–water partition coefficient (Wildman–Crippen LogP) is 4.11. The van der Waals surface area contributed by atoms with Crippen molar-refractivity contribution in [2.75, 3.05) is 6.61 Å². The lowest BCUT2D eigenvalue weighted by Gasteiger charge is -2.15. The van der Waals surface area contributed by atoms with Crippen molar-refractivity contribution in [3.63, 3.8) is 0 Å². The fourth-order valence-corrected chi connectivity index (χ4v) is 3.03. The number of terminal acetylenes is 1. The van der Waals surface area contributed by atoms with Crippen molar-refractivity contribution in [2.45, 2.75) is 32.9 Å². The smallest absolute Gasteiger partial charge is 0.138 e. The first-order chi connectivity index (χ1) is 8.62. The number of hydrogen-bond acceptors (Lipinski definition) is 2. The lowest BCUT2D eigenvalue weighted by Crippen LogP contribution is -2.26. The molecule has 0 amide bonds. The van der Waals surface area contributed by atoms with E-state index in [0.717, 1.165) is 26.7 Å². The summed E-state index contributed by atoms with van der Waals surface area (Å²) in [5.41, 5.74) is 1.09. The van der Waals surface area contributed by atoms with Gasteiger partial charge in [-0.2, -0.15) is 0 Å². The van der Waals surface area contributed by atoms with Crippen LogP contribution >= 0.6 is 31.9 Å². The van der Waals surface area contributed by atoms with Crippen LogP contribution in [0.3, 0.4) is 0 Å². The van der Waals surface area contributed by atoms with E-state index >= 15 is 0 Å². The summed E-state index contributed by atoms with van der Waals surface area (Å²) < 4.78 is 7.63. The van der Waals surface area contributed by atoms with Crippen LogP contribution in [0.5, 0.6) is 5.75 Å². The Morgan fingerprint density at radius 3 is 2.67 bits per heavy atom. The number of rotatable bonds is 6. The number of halogens is 2. The third-order valence-corrected chi connectivity index (χ3v) is 3.57. The SMILES string of the molecule is C#CC(CC)NCc1cc(Br)cc(Br)c1OCC. The highest BCUT2D eigenvalue weighted by Gasteiger charge is 2.11. The monoisotopic (exact) mass is 373 g/mol. The lowest BCUT2D eigenvalue weighted by molar-refractivity contribution is 0.333. The van der Waals surface area contributed by atoms with Crippen LogP contribution in [0.15, 0.2) is 21.1 Å². The molecule has 1 atom stereocenters. The molecule has 1 N–H and O–H groups in total. The number of ether oxygens (including phenoxy) is 1. The second-order valence-corrected chi connectivity index (χ2v) is 5.59. The standard InChI is InChI=1S/C14H17Br2NO/c1-4-12(5-2)17-9-10-7-11(15)8-13(16)14(10)18-6-3/h1,7-8,12,17H,5-6,9H2,2-3H3. The van der Waals surface area contributed by atoms with Gasteiger partial charge < -0.3 is 4.74 Å². The Labute approximate surface area is 126 Å². The third kappa shape index (κ3) is 4.31. The highest BCUT2D eigenvalue weighted by Crippen LogP contribution is 2.33. The van der Waals surface area contributed by atoms with Gasteiger partial charge in [-0.3, -0.25) is 5.32 Å². The number of hydrogen-bond donors (Lipinski definition) is 1. The van der Waals surface area contributed by atoms with E-state index < -0.39 is 0 Å². The number of nitrogens with one attached hydrogen (secondary N) is 1. The van der Waals surface area contributed by atoms with Gasteiger partial charge in [0.15, 0.2) is 0 Å². The maximum Gasteiger partial charge on any atom is 0.138 e. The van der Waals surface area contributed by atoms with Gasteiger partial charge in [-0.15, -0.1) is 6.42 Å². The average molecular weight is 375 g/mol. The normalized spacial score (nSPS) is 11.9. The Balaban J connectivity index is 2.89. The maximum atomic E-state index is 5.66. The van der Waals surface area contributed by atoms with E-state index in [4.69, 9.17) is 11.2 Å². The van der Waals surface area contributed by atoms with Gasteiger partial charge in [-0.25, -0.2) is 0 Å². The van der Waals surface area contributed by atoms with Crippen LogP contribution in [-0.2, 0) is 6.54 Å². The first-order valence-corrected chi connectivity index (χ1v) is 7.51. The first-order valence-electron chi connectivity index (χ1n) is 5.92. The zero-order chi connectivity index (χ0) is 13.5. The highest BCUT2D eigenvalue weighted by molar-refractivity contribution is 9.11. The maximum absolute atomic E-state index is 5.66. The molecule has 1 rings (SSSR count). The van der Waals surface area contributed by atoms with E-state index in [1.165, 1.54) is 0 Å². The largest absolute Gasteiger partial charge is 0.492 e. The summed E-state index contributed by atoms with van der Waals surface area (Å²) in [6, 6.07) is 4.12. The van der Waals surface area contributed by atoms with Crippen LogP contribution in [-0.4, -0.2) is 12.6 Å². The second-order valence-electron chi connectivity index (χ2n) is 3.82. The van der Waals surface area contributed by atoms with Crippen LogP contribution in [0.2, 0.25) is 0 Å². The van der Waals surface area contributed by atoms with E-state index in [-0.39, 0.29) is 6.04 Å². The molecule has 1 aromatic rings. The molecule has 0 spiro atoms. The summed E-state index contributed by atoms with van der Waals surface area (Å²) in [4.78, 5) is 0. The molecule has 0 saturated carbocycles. The number of benzene rings is 1. The molecule has 0 aromatic heterocycles. The zero-order valence-corrected chi connectivity index (χ0v) is 13.8. The Hall–Kier alpha value is -0.500. The Bertz CT molecular complexity index is 440. The van der Waals surface area contributed by atoms with Crippen molar-refractivity contribution < 1.29 is 4.74 Å². The molecule has 0 heterocycles. The lowest BCUT2D eigenvalue weighted by atomic mass is 10.1. The van der Waals surface area contributed by atoms with E-state index in [0.29, 0.717) is 13.2 Å². The van der Waals surface area contributed by atoms with Gasteiger partial charge >= 0.3 is 0 Å². The molecular weight excluding hydrogens is 358 g/mol. The molecule has 0 aliphatic carbocycles. The zero-order valence-electron chi connectivity index (χ0n) is 10.6. The van der Waals surface area contributed by atoms with Gasteiger partial charge in [0.05, 0.1) is 17.1 Å². The van der Waals surface area contributed by atoms with E-state index in [1.807, 2.05) is 19.1 Å². The van der Waals surface area contributed by atoms with Crippen molar-refractivity contribution in [1.82, 2.24) is 5.32 Å². The molecule has 0 radical (unpaired) electrons. The van der Waals surface area contributed by atoms with Gasteiger partial charge in [-0.05, 0) is 41.4 Å². The van der Waals surface area contributed by atoms with Crippen LogP contribution < -0.4 is 10.1 Å². The van der Waals surface area contributed by atoms with E-state index in [9.17, 15) is 0 Å². The highest BCUT2D eigenvalue weighted by atomic mass is 79.9. The molecule has 0 aliphatic heterocycles. The molecule has 0 saturated heterocycles. The van der Waals surface area contributed by atoms with Crippen molar-refractivity contribution in [2.24, 2.45) is 0 Å². The summed E-state index contributed by atoms with van der Waals surface area (Å²) in [5.74, 6) is 3.60. The molecule has 0 bridgehead atoms. The molecule has 18 heavy (non-hydrogen) atoms. The molecule has 0 aliphatic rings. The molecule has 1 unspecified atom stereocenters. The fourth-order valence-electron chi connectivity index (χ4n) is 1.61. The van der Waals surface area contributed by atoms with Crippen molar-refractivity contribution in [3.05, 3.63) is 26.6 Å². The van der Waals surface area contributed by atoms with Crippen LogP contribution in [0.1, 0.15) is 25.8 Å². The van der Waals surface area contributed by atoms with E-state index in [2.05, 4.69) is 50.0 Å². The average Bonchev–Trinajstić information content (AvgIpc) is 2.34. The molecule has 4 heteroatoms. The minimum Gasteiger partial charge on any atom is -0.492 e. The molecular formula is C14H17Br2NO. The predicted molar refractivity (Wildman–Crippen MR) is 82.8 cm³/mol. The molecule has 2 nitrogen and oxygen atoms in total. The van der Waals surface area contributed by atoms with Gasteiger partial charge in [0, 0.05) is 16.6 Å².